The number of hydrogen-bond acceptors (Lipinski definition) is 4. The molecular weight excluding hydrogens is 364 g/mol. The van der Waals surface area contributed by atoms with Gasteiger partial charge in [0.25, 0.3) is 0 Å². The summed E-state index contributed by atoms with van der Waals surface area (Å²) in [6, 6.07) is 27.6. The first-order chi connectivity index (χ1) is 14.1. The highest BCUT2D eigenvalue weighted by Crippen LogP contribution is 2.43. The molecule has 0 saturated carbocycles. The molecule has 3 aromatic carbocycles. The first-order valence-corrected chi connectivity index (χ1v) is 9.81. The lowest BCUT2D eigenvalue weighted by Gasteiger charge is -2.37. The summed E-state index contributed by atoms with van der Waals surface area (Å²) in [5.74, 6) is -0.557. The van der Waals surface area contributed by atoms with Gasteiger partial charge in [-0.15, -0.1) is 0 Å². The topological polar surface area (TPSA) is 66.8 Å². The van der Waals surface area contributed by atoms with Gasteiger partial charge in [-0.25, -0.2) is 0 Å². The maximum Gasteiger partial charge on any atom is 0.309 e. The monoisotopic (exact) mass is 390 g/mol. The first kappa shape index (κ1) is 20.8. The second kappa shape index (κ2) is 9.50. The van der Waals surface area contributed by atoms with Crippen LogP contribution in [0.25, 0.3) is 0 Å². The largest absolute Gasteiger partial charge is 0.454 e. The molecule has 0 saturated heterocycles. The maximum absolute atomic E-state index is 12.6. The Morgan fingerprint density at radius 3 is 1.76 bits per heavy atom. The van der Waals surface area contributed by atoms with Gasteiger partial charge in [-0.2, -0.15) is 0 Å². The summed E-state index contributed by atoms with van der Waals surface area (Å²) in [7, 11) is 0. The summed E-state index contributed by atoms with van der Waals surface area (Å²) in [6.45, 7) is 1.80. The number of carbonyl (C=O) groups is 1. The maximum atomic E-state index is 12.6. The van der Waals surface area contributed by atoms with Crippen LogP contribution in [0.2, 0.25) is 0 Å². The molecule has 0 radical (unpaired) electrons. The van der Waals surface area contributed by atoms with Crippen LogP contribution in [0, 0.1) is 0 Å². The lowest BCUT2D eigenvalue weighted by molar-refractivity contribution is -0.165. The number of carbonyl (C=O) groups excluding carboxylic acids is 1. The van der Waals surface area contributed by atoms with Crippen molar-refractivity contribution in [3.63, 3.8) is 0 Å². The highest BCUT2D eigenvalue weighted by Gasteiger charge is 2.44. The van der Waals surface area contributed by atoms with Crippen LogP contribution in [-0.4, -0.2) is 22.3 Å². The Morgan fingerprint density at radius 2 is 1.31 bits per heavy atom. The van der Waals surface area contributed by atoms with Gasteiger partial charge in [0.2, 0.25) is 0 Å². The molecule has 0 unspecified atom stereocenters. The van der Waals surface area contributed by atoms with Crippen molar-refractivity contribution in [2.45, 2.75) is 37.6 Å². The second-order valence-corrected chi connectivity index (χ2v) is 7.05. The molecule has 0 fully saturated rings. The predicted octanol–water partition coefficient (Wildman–Crippen LogP) is 4.37. The minimum Gasteiger partial charge on any atom is -0.454 e. The van der Waals surface area contributed by atoms with E-state index in [1.54, 1.807) is 6.92 Å². The number of aliphatic hydroxyl groups is 2. The van der Waals surface area contributed by atoms with Crippen molar-refractivity contribution in [2.24, 2.45) is 0 Å². The molecule has 0 amide bonds. The highest BCUT2D eigenvalue weighted by atomic mass is 16.6. The zero-order valence-electron chi connectivity index (χ0n) is 16.4. The molecule has 0 heterocycles. The van der Waals surface area contributed by atoms with Gasteiger partial charge in [0.05, 0.1) is 12.5 Å². The van der Waals surface area contributed by atoms with Crippen molar-refractivity contribution in [1.29, 1.82) is 0 Å². The van der Waals surface area contributed by atoms with Gasteiger partial charge in [0.15, 0.2) is 11.7 Å². The SMILES string of the molecule is CC[C@@H](O)CC(=O)O[C@H](c1ccccc1)C(O)(c1ccccc1)c1ccccc1. The molecule has 2 atom stereocenters. The van der Waals surface area contributed by atoms with E-state index in [1.807, 2.05) is 91.0 Å². The standard InChI is InChI=1S/C25H26O4/c1-2-22(26)18-23(27)29-24(19-12-6-3-7-13-19)25(28,20-14-8-4-9-15-20)21-16-10-5-11-17-21/h3-17,22,24,26,28H,2,18H2,1H3/t22-,24-/m1/s1. The van der Waals surface area contributed by atoms with Gasteiger partial charge in [-0.1, -0.05) is 97.9 Å². The molecule has 0 aliphatic rings. The fourth-order valence-electron chi connectivity index (χ4n) is 3.39. The average Bonchev–Trinajstić information content (AvgIpc) is 2.78. The first-order valence-electron chi connectivity index (χ1n) is 9.81. The quantitative estimate of drug-likeness (QED) is 0.561. The van der Waals surface area contributed by atoms with Crippen molar-refractivity contribution in [1.82, 2.24) is 0 Å². The molecule has 0 aliphatic carbocycles. The molecule has 3 aromatic rings. The zero-order chi connectivity index (χ0) is 20.7. The fraction of sp³-hybridized carbons (Fsp3) is 0.240. The third-order valence-electron chi connectivity index (χ3n) is 5.03. The van der Waals surface area contributed by atoms with Crippen molar-refractivity contribution in [3.05, 3.63) is 108 Å². The minimum absolute atomic E-state index is 0.126. The van der Waals surface area contributed by atoms with Crippen molar-refractivity contribution in [2.75, 3.05) is 0 Å². The van der Waals surface area contributed by atoms with Crippen LogP contribution in [0.4, 0.5) is 0 Å². The van der Waals surface area contributed by atoms with Crippen molar-refractivity contribution in [3.8, 4) is 0 Å². The Labute approximate surface area is 171 Å². The van der Waals surface area contributed by atoms with E-state index in [-0.39, 0.29) is 6.42 Å². The summed E-state index contributed by atoms with van der Waals surface area (Å²) in [4.78, 5) is 12.6. The molecule has 0 bridgehead atoms. The van der Waals surface area contributed by atoms with E-state index in [1.165, 1.54) is 0 Å². The zero-order valence-corrected chi connectivity index (χ0v) is 16.4. The van der Waals surface area contributed by atoms with E-state index in [0.717, 1.165) is 0 Å². The molecule has 0 aromatic heterocycles. The van der Waals surface area contributed by atoms with Crippen LogP contribution >= 0.6 is 0 Å². The average molecular weight is 390 g/mol. The van der Waals surface area contributed by atoms with Crippen LogP contribution < -0.4 is 0 Å². The smallest absolute Gasteiger partial charge is 0.309 e. The number of rotatable bonds is 8. The lowest BCUT2D eigenvalue weighted by Crippen LogP contribution is -2.38. The summed E-state index contributed by atoms with van der Waals surface area (Å²) in [5.41, 5.74) is 0.297. The lowest BCUT2D eigenvalue weighted by atomic mass is 9.79. The molecule has 4 heteroatoms. The van der Waals surface area contributed by atoms with E-state index in [9.17, 15) is 15.0 Å². The van der Waals surface area contributed by atoms with Crippen molar-refractivity contribution < 1.29 is 19.7 Å². The molecule has 29 heavy (non-hydrogen) atoms. The number of benzene rings is 3. The van der Waals surface area contributed by atoms with Gasteiger partial charge < -0.3 is 14.9 Å². The van der Waals surface area contributed by atoms with E-state index < -0.39 is 23.8 Å². The summed E-state index contributed by atoms with van der Waals surface area (Å²) in [5, 5.41) is 22.0. The van der Waals surface area contributed by atoms with E-state index in [0.29, 0.717) is 23.1 Å². The van der Waals surface area contributed by atoms with Crippen molar-refractivity contribution >= 4 is 5.97 Å². The molecule has 2 N–H and O–H groups in total. The summed E-state index contributed by atoms with van der Waals surface area (Å²) in [6.07, 6.45) is -1.43. The second-order valence-electron chi connectivity index (χ2n) is 7.05. The fourth-order valence-corrected chi connectivity index (χ4v) is 3.39. The number of esters is 1. The van der Waals surface area contributed by atoms with Crippen LogP contribution in [0.3, 0.4) is 0 Å². The van der Waals surface area contributed by atoms with Crippen LogP contribution in [0.1, 0.15) is 42.6 Å². The van der Waals surface area contributed by atoms with Crippen LogP contribution in [0.5, 0.6) is 0 Å². The Hall–Kier alpha value is -2.95. The summed E-state index contributed by atoms with van der Waals surface area (Å²) < 4.78 is 5.83. The highest BCUT2D eigenvalue weighted by molar-refractivity contribution is 5.70. The van der Waals surface area contributed by atoms with Crippen LogP contribution in [-0.2, 0) is 15.1 Å². The Bertz CT molecular complexity index is 854. The van der Waals surface area contributed by atoms with Gasteiger partial charge >= 0.3 is 5.97 Å². The number of aliphatic hydroxyl groups excluding tert-OH is 1. The Kier molecular flexibility index (Phi) is 6.81. The number of ether oxygens (including phenoxy) is 1. The van der Waals surface area contributed by atoms with Gasteiger partial charge in [0, 0.05) is 0 Å². The van der Waals surface area contributed by atoms with E-state index in [2.05, 4.69) is 0 Å². The molecule has 0 aliphatic heterocycles. The van der Waals surface area contributed by atoms with Crippen LogP contribution in [0.15, 0.2) is 91.0 Å². The third-order valence-corrected chi connectivity index (χ3v) is 5.03. The molecule has 4 nitrogen and oxygen atoms in total. The number of hydrogen-bond donors (Lipinski definition) is 2. The normalized spacial score (nSPS) is 13.5. The Morgan fingerprint density at radius 1 is 0.862 bits per heavy atom. The molecule has 3 rings (SSSR count). The Balaban J connectivity index is 2.12. The predicted molar refractivity (Wildman–Crippen MR) is 112 cm³/mol. The summed E-state index contributed by atoms with van der Waals surface area (Å²) >= 11 is 0. The molecule has 150 valence electrons. The third kappa shape index (κ3) is 4.73. The molecule has 0 spiro atoms. The van der Waals surface area contributed by atoms with E-state index in [4.69, 9.17) is 4.74 Å². The van der Waals surface area contributed by atoms with E-state index >= 15 is 0 Å². The molecular formula is C25H26O4. The van der Waals surface area contributed by atoms with Gasteiger partial charge in [0.1, 0.15) is 0 Å². The van der Waals surface area contributed by atoms with Gasteiger partial charge in [-0.05, 0) is 23.1 Å². The van der Waals surface area contributed by atoms with Gasteiger partial charge in [-0.3, -0.25) is 4.79 Å². The minimum atomic E-state index is -1.60.